The Labute approximate surface area is 124 Å². The zero-order chi connectivity index (χ0) is 12.9. The molecule has 0 heterocycles. The van der Waals surface area contributed by atoms with Crippen LogP contribution in [0.4, 0.5) is 0 Å². The van der Waals surface area contributed by atoms with Gasteiger partial charge in [0.1, 0.15) is 0 Å². The first-order valence-electron chi connectivity index (χ1n) is 4.92. The molecule has 0 saturated heterocycles. The van der Waals surface area contributed by atoms with Crippen molar-refractivity contribution in [2.24, 2.45) is 0 Å². The minimum absolute atomic E-state index is 0.335. The number of benzene rings is 1. The molecule has 1 aromatic carbocycles. The van der Waals surface area contributed by atoms with Gasteiger partial charge >= 0.3 is 0 Å². The van der Waals surface area contributed by atoms with Crippen LogP contribution in [-0.4, -0.2) is 16.3 Å². The summed E-state index contributed by atoms with van der Waals surface area (Å²) in [6.07, 6.45) is 1.63. The van der Waals surface area contributed by atoms with Gasteiger partial charge in [0.25, 0.3) is 3.79 Å². The fourth-order valence-electron chi connectivity index (χ4n) is 1.18. The van der Waals surface area contributed by atoms with Crippen LogP contribution in [-0.2, 0) is 11.2 Å². The smallest absolute Gasteiger partial charge is 0.265 e. The SMILES string of the molecule is N=C(OCCCc1ccc(Br)cc1)C(Cl)(Cl)Cl. The Kier molecular flexibility index (Phi) is 6.07. The Morgan fingerprint density at radius 2 is 1.82 bits per heavy atom. The maximum Gasteiger partial charge on any atom is 0.265 e. The van der Waals surface area contributed by atoms with Gasteiger partial charge < -0.3 is 4.74 Å². The Morgan fingerprint density at radius 1 is 1.24 bits per heavy atom. The lowest BCUT2D eigenvalue weighted by molar-refractivity contribution is 0.290. The van der Waals surface area contributed by atoms with Gasteiger partial charge in [-0.1, -0.05) is 62.9 Å². The molecular formula is C11H11BrCl3NO. The molecule has 17 heavy (non-hydrogen) atoms. The van der Waals surface area contributed by atoms with Crippen LogP contribution in [0.2, 0.25) is 0 Å². The number of halogens is 4. The second-order valence-corrected chi connectivity index (χ2v) is 6.60. The molecule has 0 bridgehead atoms. The third-order valence-electron chi connectivity index (χ3n) is 2.03. The number of rotatable bonds is 4. The molecule has 0 amide bonds. The summed E-state index contributed by atoms with van der Waals surface area (Å²) >= 11 is 19.8. The van der Waals surface area contributed by atoms with Crippen LogP contribution in [0.3, 0.4) is 0 Å². The lowest BCUT2D eigenvalue weighted by Crippen LogP contribution is -2.21. The average Bonchev–Trinajstić information content (AvgIpc) is 2.25. The van der Waals surface area contributed by atoms with Gasteiger partial charge in [0, 0.05) is 4.47 Å². The van der Waals surface area contributed by atoms with Crippen molar-refractivity contribution in [3.8, 4) is 0 Å². The van der Waals surface area contributed by atoms with Crippen LogP contribution in [0, 0.1) is 5.41 Å². The molecular weight excluding hydrogens is 348 g/mol. The summed E-state index contributed by atoms with van der Waals surface area (Å²) in [5.41, 5.74) is 1.21. The summed E-state index contributed by atoms with van der Waals surface area (Å²) in [4.78, 5) is 0. The molecule has 2 nitrogen and oxygen atoms in total. The second kappa shape index (κ2) is 6.83. The highest BCUT2D eigenvalue weighted by Gasteiger charge is 2.28. The topological polar surface area (TPSA) is 33.1 Å². The number of nitrogens with one attached hydrogen (secondary N) is 1. The molecule has 1 rings (SSSR count). The molecule has 0 aliphatic carbocycles. The predicted octanol–water partition coefficient (Wildman–Crippen LogP) is 4.75. The van der Waals surface area contributed by atoms with E-state index >= 15 is 0 Å². The van der Waals surface area contributed by atoms with E-state index < -0.39 is 3.79 Å². The number of hydrogen-bond donors (Lipinski definition) is 1. The molecule has 1 aromatic rings. The Morgan fingerprint density at radius 3 is 2.35 bits per heavy atom. The van der Waals surface area contributed by atoms with Crippen LogP contribution in [0.15, 0.2) is 28.7 Å². The molecule has 0 radical (unpaired) electrons. The largest absolute Gasteiger partial charge is 0.478 e. The first kappa shape index (κ1) is 15.1. The summed E-state index contributed by atoms with van der Waals surface area (Å²) < 4.78 is 4.32. The molecule has 0 aliphatic heterocycles. The van der Waals surface area contributed by atoms with Gasteiger partial charge in [-0.25, -0.2) is 0 Å². The van der Waals surface area contributed by atoms with E-state index in [9.17, 15) is 0 Å². The summed E-state index contributed by atoms with van der Waals surface area (Å²) in [5, 5.41) is 7.33. The minimum atomic E-state index is -1.77. The van der Waals surface area contributed by atoms with Crippen LogP contribution >= 0.6 is 50.7 Å². The standard InChI is InChI=1S/C11H11BrCl3NO/c12-9-5-3-8(4-6-9)2-1-7-17-10(16)11(13,14)15/h3-6,16H,1-2,7H2. The molecule has 0 spiro atoms. The van der Waals surface area contributed by atoms with Gasteiger partial charge in [0.15, 0.2) is 0 Å². The normalized spacial score (nSPS) is 11.3. The lowest BCUT2D eigenvalue weighted by Gasteiger charge is -2.13. The van der Waals surface area contributed by atoms with Gasteiger partial charge in [-0.2, -0.15) is 0 Å². The summed E-state index contributed by atoms with van der Waals surface area (Å²) in [5.74, 6) is -0.335. The van der Waals surface area contributed by atoms with Gasteiger partial charge in [0.05, 0.1) is 6.61 Å². The molecule has 0 unspecified atom stereocenters. The molecule has 0 aromatic heterocycles. The molecule has 1 N–H and O–H groups in total. The maximum absolute atomic E-state index is 7.33. The number of ether oxygens (including phenoxy) is 1. The quantitative estimate of drug-likeness (QED) is 0.358. The van der Waals surface area contributed by atoms with E-state index in [1.807, 2.05) is 24.3 Å². The van der Waals surface area contributed by atoms with Crippen molar-refractivity contribution in [1.82, 2.24) is 0 Å². The molecule has 0 saturated carbocycles. The Balaban J connectivity index is 2.25. The summed E-state index contributed by atoms with van der Waals surface area (Å²) in [6, 6.07) is 8.04. The average molecular weight is 359 g/mol. The molecule has 0 fully saturated rings. The van der Waals surface area contributed by atoms with Crippen LogP contribution in [0.1, 0.15) is 12.0 Å². The fraction of sp³-hybridized carbons (Fsp3) is 0.364. The highest BCUT2D eigenvalue weighted by molar-refractivity contribution is 9.10. The number of aryl methyl sites for hydroxylation is 1. The zero-order valence-corrected chi connectivity index (χ0v) is 12.7. The van der Waals surface area contributed by atoms with Crippen LogP contribution in [0.25, 0.3) is 0 Å². The second-order valence-electron chi connectivity index (χ2n) is 3.41. The first-order chi connectivity index (χ1) is 7.89. The van der Waals surface area contributed by atoms with Crippen LogP contribution in [0.5, 0.6) is 0 Å². The van der Waals surface area contributed by atoms with Crippen LogP contribution < -0.4 is 0 Å². The maximum atomic E-state index is 7.33. The van der Waals surface area contributed by atoms with E-state index in [0.717, 1.165) is 17.3 Å². The van der Waals surface area contributed by atoms with Crippen molar-refractivity contribution in [1.29, 1.82) is 5.41 Å². The summed E-state index contributed by atoms with van der Waals surface area (Å²) in [6.45, 7) is 0.364. The molecule has 0 atom stereocenters. The number of alkyl halides is 3. The molecule has 0 aliphatic rings. The first-order valence-corrected chi connectivity index (χ1v) is 6.85. The molecule has 94 valence electrons. The van der Waals surface area contributed by atoms with Crippen molar-refractivity contribution in [3.63, 3.8) is 0 Å². The van der Waals surface area contributed by atoms with Crippen molar-refractivity contribution in [2.75, 3.05) is 6.61 Å². The van der Waals surface area contributed by atoms with E-state index in [1.54, 1.807) is 0 Å². The van der Waals surface area contributed by atoms with Gasteiger partial charge in [-0.3, -0.25) is 5.41 Å². The predicted molar refractivity (Wildman–Crippen MR) is 76.4 cm³/mol. The minimum Gasteiger partial charge on any atom is -0.478 e. The van der Waals surface area contributed by atoms with E-state index in [1.165, 1.54) is 5.56 Å². The zero-order valence-electron chi connectivity index (χ0n) is 8.85. The number of hydrogen-bond acceptors (Lipinski definition) is 2. The fourth-order valence-corrected chi connectivity index (χ4v) is 1.61. The highest BCUT2D eigenvalue weighted by atomic mass is 79.9. The van der Waals surface area contributed by atoms with Gasteiger partial charge in [-0.05, 0) is 30.5 Å². The Hall–Kier alpha value is 0.0400. The van der Waals surface area contributed by atoms with Crippen molar-refractivity contribution in [3.05, 3.63) is 34.3 Å². The van der Waals surface area contributed by atoms with Crippen molar-refractivity contribution >= 4 is 56.6 Å². The third kappa shape index (κ3) is 5.96. The highest BCUT2D eigenvalue weighted by Crippen LogP contribution is 2.27. The summed E-state index contributed by atoms with van der Waals surface area (Å²) in [7, 11) is 0. The van der Waals surface area contributed by atoms with Crippen molar-refractivity contribution < 1.29 is 4.74 Å². The van der Waals surface area contributed by atoms with E-state index in [2.05, 4.69) is 15.9 Å². The monoisotopic (exact) mass is 357 g/mol. The third-order valence-corrected chi connectivity index (χ3v) is 3.07. The van der Waals surface area contributed by atoms with Gasteiger partial charge in [0.2, 0.25) is 5.90 Å². The van der Waals surface area contributed by atoms with E-state index in [0.29, 0.717) is 6.61 Å². The Bertz CT molecular complexity index is 375. The lowest BCUT2D eigenvalue weighted by atomic mass is 10.1. The van der Waals surface area contributed by atoms with Gasteiger partial charge in [-0.15, -0.1) is 0 Å². The van der Waals surface area contributed by atoms with Crippen molar-refractivity contribution in [2.45, 2.75) is 16.6 Å². The van der Waals surface area contributed by atoms with E-state index in [-0.39, 0.29) is 5.90 Å². The van der Waals surface area contributed by atoms with E-state index in [4.69, 9.17) is 44.9 Å². The molecule has 6 heteroatoms.